The molecule has 1 heterocycles. The molecule has 0 aromatic carbocycles. The van der Waals surface area contributed by atoms with Crippen molar-refractivity contribution >= 4 is 11.9 Å². The number of hydrogen-bond acceptors (Lipinski definition) is 4. The first-order valence-electron chi connectivity index (χ1n) is 5.44. The number of nitrogens with zero attached hydrogens (tertiary/aromatic N) is 1. The highest BCUT2D eigenvalue weighted by atomic mass is 16.5. The first kappa shape index (κ1) is 12.9. The fourth-order valence-electron chi connectivity index (χ4n) is 1.62. The minimum Gasteiger partial charge on any atom is -0.481 e. The Bertz CT molecular complexity index is 257. The summed E-state index contributed by atoms with van der Waals surface area (Å²) >= 11 is 0. The van der Waals surface area contributed by atoms with Crippen LogP contribution in [0, 0.1) is 0 Å². The van der Waals surface area contributed by atoms with Crippen molar-refractivity contribution in [1.82, 2.24) is 10.2 Å². The van der Waals surface area contributed by atoms with Gasteiger partial charge in [0.05, 0.1) is 12.7 Å². The number of carboxylic acids is 1. The van der Waals surface area contributed by atoms with Gasteiger partial charge in [0.15, 0.2) is 0 Å². The zero-order chi connectivity index (χ0) is 12.0. The second-order valence-electron chi connectivity index (χ2n) is 3.76. The Morgan fingerprint density at radius 1 is 1.56 bits per heavy atom. The Labute approximate surface area is 94.6 Å². The molecule has 92 valence electrons. The molecule has 0 aromatic heterocycles. The maximum absolute atomic E-state index is 11.1. The summed E-state index contributed by atoms with van der Waals surface area (Å²) in [7, 11) is 0. The van der Waals surface area contributed by atoms with E-state index in [1.165, 1.54) is 0 Å². The average molecular weight is 230 g/mol. The lowest BCUT2D eigenvalue weighted by atomic mass is 10.2. The Kier molecular flexibility index (Phi) is 5.21. The quantitative estimate of drug-likeness (QED) is 0.610. The lowest BCUT2D eigenvalue weighted by Crippen LogP contribution is -2.47. The van der Waals surface area contributed by atoms with Crippen LogP contribution < -0.4 is 5.32 Å². The van der Waals surface area contributed by atoms with Crippen LogP contribution in [-0.4, -0.2) is 60.8 Å². The summed E-state index contributed by atoms with van der Waals surface area (Å²) in [5.41, 5.74) is 0. The van der Waals surface area contributed by atoms with Crippen molar-refractivity contribution in [3.05, 3.63) is 0 Å². The van der Waals surface area contributed by atoms with Gasteiger partial charge in [-0.15, -0.1) is 0 Å². The molecule has 1 rings (SSSR count). The number of morpholine rings is 1. The molecule has 1 saturated heterocycles. The van der Waals surface area contributed by atoms with Crippen LogP contribution in [0.15, 0.2) is 0 Å². The van der Waals surface area contributed by atoms with Gasteiger partial charge >= 0.3 is 5.97 Å². The van der Waals surface area contributed by atoms with Crippen molar-refractivity contribution in [3.8, 4) is 0 Å². The van der Waals surface area contributed by atoms with E-state index in [9.17, 15) is 9.59 Å². The van der Waals surface area contributed by atoms with Crippen LogP contribution in [0.1, 0.15) is 13.3 Å². The van der Waals surface area contributed by atoms with Crippen LogP contribution in [0.25, 0.3) is 0 Å². The van der Waals surface area contributed by atoms with Gasteiger partial charge in [0, 0.05) is 19.6 Å². The summed E-state index contributed by atoms with van der Waals surface area (Å²) in [5, 5.41) is 11.0. The fraction of sp³-hybridized carbons (Fsp3) is 0.800. The lowest BCUT2D eigenvalue weighted by molar-refractivity contribution is -0.141. The Morgan fingerprint density at radius 3 is 2.94 bits per heavy atom. The van der Waals surface area contributed by atoms with E-state index < -0.39 is 18.3 Å². The Hall–Kier alpha value is -1.14. The van der Waals surface area contributed by atoms with E-state index in [0.29, 0.717) is 13.2 Å². The third-order valence-corrected chi connectivity index (χ3v) is 2.51. The van der Waals surface area contributed by atoms with E-state index in [1.54, 1.807) is 0 Å². The van der Waals surface area contributed by atoms with Gasteiger partial charge < -0.3 is 15.2 Å². The van der Waals surface area contributed by atoms with Gasteiger partial charge in [0.1, 0.15) is 6.42 Å². The number of carbonyl (C=O) groups is 2. The van der Waals surface area contributed by atoms with E-state index >= 15 is 0 Å². The van der Waals surface area contributed by atoms with Gasteiger partial charge in [-0.05, 0) is 6.54 Å². The molecule has 1 aliphatic rings. The third-order valence-electron chi connectivity index (χ3n) is 2.51. The van der Waals surface area contributed by atoms with Crippen LogP contribution in [0.4, 0.5) is 0 Å². The number of amides is 1. The highest BCUT2D eigenvalue weighted by Gasteiger charge is 2.19. The number of aliphatic carboxylic acids is 1. The second kappa shape index (κ2) is 6.44. The van der Waals surface area contributed by atoms with Crippen LogP contribution >= 0.6 is 0 Å². The highest BCUT2D eigenvalue weighted by molar-refractivity contribution is 5.93. The standard InChI is InChI=1S/C10H18N2O4/c1-2-12-3-4-16-8(7-12)6-11-9(13)5-10(14)15/h8H,2-7H2,1H3,(H,11,13)(H,14,15). The molecular formula is C10H18N2O4. The molecule has 0 saturated carbocycles. The van der Waals surface area contributed by atoms with E-state index in [-0.39, 0.29) is 6.10 Å². The number of carbonyl (C=O) groups excluding carboxylic acids is 1. The average Bonchev–Trinajstić information content (AvgIpc) is 2.26. The maximum Gasteiger partial charge on any atom is 0.312 e. The molecule has 1 amide bonds. The largest absolute Gasteiger partial charge is 0.481 e. The molecule has 0 bridgehead atoms. The monoisotopic (exact) mass is 230 g/mol. The third kappa shape index (κ3) is 4.59. The van der Waals surface area contributed by atoms with Crippen LogP contribution in [-0.2, 0) is 14.3 Å². The summed E-state index contributed by atoms with van der Waals surface area (Å²) in [6.45, 7) is 5.77. The zero-order valence-corrected chi connectivity index (χ0v) is 9.44. The molecule has 0 aromatic rings. The number of hydrogen-bond donors (Lipinski definition) is 2. The molecule has 0 radical (unpaired) electrons. The van der Waals surface area contributed by atoms with Crippen molar-refractivity contribution in [2.45, 2.75) is 19.4 Å². The van der Waals surface area contributed by atoms with Crippen LogP contribution in [0.2, 0.25) is 0 Å². The van der Waals surface area contributed by atoms with Gasteiger partial charge in [0.25, 0.3) is 0 Å². The molecule has 0 aliphatic carbocycles. The summed E-state index contributed by atoms with van der Waals surface area (Å²) in [6.07, 6.45) is -0.518. The predicted octanol–water partition coefficient (Wildman–Crippen LogP) is -0.702. The summed E-state index contributed by atoms with van der Waals surface area (Å²) in [6, 6.07) is 0. The molecule has 1 atom stereocenters. The molecule has 1 fully saturated rings. The van der Waals surface area contributed by atoms with E-state index in [2.05, 4.69) is 17.1 Å². The number of rotatable bonds is 5. The van der Waals surface area contributed by atoms with Crippen molar-refractivity contribution in [1.29, 1.82) is 0 Å². The smallest absolute Gasteiger partial charge is 0.312 e. The lowest BCUT2D eigenvalue weighted by Gasteiger charge is -2.32. The Balaban J connectivity index is 2.21. The van der Waals surface area contributed by atoms with E-state index in [4.69, 9.17) is 9.84 Å². The van der Waals surface area contributed by atoms with E-state index in [0.717, 1.165) is 19.6 Å². The molecule has 2 N–H and O–H groups in total. The van der Waals surface area contributed by atoms with Gasteiger partial charge in [-0.1, -0.05) is 6.92 Å². The van der Waals surface area contributed by atoms with Crippen molar-refractivity contribution in [3.63, 3.8) is 0 Å². The number of likely N-dealkylation sites (N-methyl/N-ethyl adjacent to an activating group) is 1. The summed E-state index contributed by atoms with van der Waals surface area (Å²) < 4.78 is 5.46. The molecular weight excluding hydrogens is 212 g/mol. The van der Waals surface area contributed by atoms with Crippen LogP contribution in [0.5, 0.6) is 0 Å². The second-order valence-corrected chi connectivity index (χ2v) is 3.76. The van der Waals surface area contributed by atoms with Crippen molar-refractivity contribution in [2.24, 2.45) is 0 Å². The highest BCUT2D eigenvalue weighted by Crippen LogP contribution is 2.03. The first-order chi connectivity index (χ1) is 7.61. The summed E-state index contributed by atoms with van der Waals surface area (Å²) in [5.74, 6) is -1.58. The molecule has 0 spiro atoms. The van der Waals surface area contributed by atoms with Gasteiger partial charge in [0.2, 0.25) is 5.91 Å². The topological polar surface area (TPSA) is 78.9 Å². The molecule has 6 nitrogen and oxygen atoms in total. The van der Waals surface area contributed by atoms with Crippen molar-refractivity contribution < 1.29 is 19.4 Å². The predicted molar refractivity (Wildman–Crippen MR) is 57.1 cm³/mol. The van der Waals surface area contributed by atoms with Gasteiger partial charge in [-0.3, -0.25) is 14.5 Å². The SMILES string of the molecule is CCN1CCOC(CNC(=O)CC(=O)O)C1. The minimum atomic E-state index is -1.11. The summed E-state index contributed by atoms with van der Waals surface area (Å²) in [4.78, 5) is 23.6. The Morgan fingerprint density at radius 2 is 2.31 bits per heavy atom. The van der Waals surface area contributed by atoms with Gasteiger partial charge in [-0.25, -0.2) is 0 Å². The fourth-order valence-corrected chi connectivity index (χ4v) is 1.62. The normalized spacial score (nSPS) is 21.7. The van der Waals surface area contributed by atoms with Crippen LogP contribution in [0.3, 0.4) is 0 Å². The van der Waals surface area contributed by atoms with E-state index in [1.807, 2.05) is 0 Å². The van der Waals surface area contributed by atoms with Crippen molar-refractivity contribution in [2.75, 3.05) is 32.8 Å². The first-order valence-corrected chi connectivity index (χ1v) is 5.44. The minimum absolute atomic E-state index is 0.0357. The number of nitrogens with one attached hydrogen (secondary N) is 1. The molecule has 1 aliphatic heterocycles. The van der Waals surface area contributed by atoms with Gasteiger partial charge in [-0.2, -0.15) is 0 Å². The maximum atomic E-state index is 11.1. The zero-order valence-electron chi connectivity index (χ0n) is 9.44. The number of ether oxygens (including phenoxy) is 1. The number of carboxylic acid groups (broad SMARTS) is 1. The molecule has 16 heavy (non-hydrogen) atoms. The molecule has 1 unspecified atom stereocenters. The molecule has 6 heteroatoms.